The molecule has 0 spiro atoms. The Morgan fingerprint density at radius 3 is 2.38 bits per heavy atom. The first-order chi connectivity index (χ1) is 9.91. The van der Waals surface area contributed by atoms with Crippen LogP contribution >= 0.6 is 15.9 Å². The molecule has 2 amide bonds. The topological polar surface area (TPSA) is 74.7 Å². The lowest BCUT2D eigenvalue weighted by Crippen LogP contribution is -2.39. The van der Waals surface area contributed by atoms with Gasteiger partial charge in [-0.2, -0.15) is 0 Å². The van der Waals surface area contributed by atoms with Gasteiger partial charge in [0, 0.05) is 10.4 Å². The fourth-order valence-electron chi connectivity index (χ4n) is 3.24. The molecule has 2 aliphatic rings. The number of alkyl halides is 1. The Balaban J connectivity index is 1.83. The Labute approximate surface area is 130 Å². The molecular weight excluding hydrogens is 338 g/mol. The van der Waals surface area contributed by atoms with Crippen molar-refractivity contribution in [2.45, 2.75) is 36.0 Å². The van der Waals surface area contributed by atoms with Gasteiger partial charge in [-0.25, -0.2) is 0 Å². The van der Waals surface area contributed by atoms with Crippen molar-refractivity contribution in [3.63, 3.8) is 0 Å². The molecule has 3 rings (SSSR count). The van der Waals surface area contributed by atoms with Gasteiger partial charge in [-0.05, 0) is 31.4 Å². The Bertz CT molecular complexity index is 609. The SMILES string of the molecule is O=C(O)C[C@]1(Br)CC[C@H](N2C(=O)c3ccccc3C2=O)C1. The van der Waals surface area contributed by atoms with Crippen molar-refractivity contribution < 1.29 is 19.5 Å². The van der Waals surface area contributed by atoms with Gasteiger partial charge in [0.2, 0.25) is 0 Å². The van der Waals surface area contributed by atoms with E-state index in [1.165, 1.54) is 4.90 Å². The molecule has 1 heterocycles. The number of rotatable bonds is 3. The second kappa shape index (κ2) is 4.94. The number of fused-ring (bicyclic) bond motifs is 1. The van der Waals surface area contributed by atoms with Crippen LogP contribution in [0.1, 0.15) is 46.4 Å². The zero-order valence-electron chi connectivity index (χ0n) is 11.2. The number of carbonyl (C=O) groups is 3. The van der Waals surface area contributed by atoms with Crippen molar-refractivity contribution in [2.75, 3.05) is 0 Å². The van der Waals surface area contributed by atoms with E-state index < -0.39 is 10.3 Å². The third-order valence-corrected chi connectivity index (χ3v) is 5.19. The second-order valence-electron chi connectivity index (χ2n) is 5.64. The van der Waals surface area contributed by atoms with Crippen LogP contribution in [0, 0.1) is 0 Å². The number of hydrogen-bond donors (Lipinski definition) is 1. The first kappa shape index (κ1) is 14.3. The van der Waals surface area contributed by atoms with Crippen LogP contribution in [0.15, 0.2) is 24.3 Å². The first-order valence-corrected chi connectivity index (χ1v) is 7.58. The van der Waals surface area contributed by atoms with Gasteiger partial charge in [0.15, 0.2) is 0 Å². The number of carboxylic acid groups (broad SMARTS) is 1. The van der Waals surface area contributed by atoms with E-state index in [0.29, 0.717) is 30.4 Å². The van der Waals surface area contributed by atoms with Crippen LogP contribution in [0.25, 0.3) is 0 Å². The minimum absolute atomic E-state index is 0.00727. The summed E-state index contributed by atoms with van der Waals surface area (Å²) in [6.07, 6.45) is 1.73. The average Bonchev–Trinajstić information content (AvgIpc) is 2.90. The summed E-state index contributed by atoms with van der Waals surface area (Å²) >= 11 is 3.48. The maximum atomic E-state index is 12.4. The maximum absolute atomic E-state index is 12.4. The van der Waals surface area contributed by atoms with E-state index in [0.717, 1.165) is 0 Å². The molecule has 1 aromatic carbocycles. The van der Waals surface area contributed by atoms with Crippen LogP contribution < -0.4 is 0 Å². The molecule has 5 nitrogen and oxygen atoms in total. The van der Waals surface area contributed by atoms with Gasteiger partial charge in [0.1, 0.15) is 0 Å². The van der Waals surface area contributed by atoms with Gasteiger partial charge in [0.25, 0.3) is 11.8 Å². The quantitative estimate of drug-likeness (QED) is 0.670. The lowest BCUT2D eigenvalue weighted by molar-refractivity contribution is -0.137. The average molecular weight is 352 g/mol. The fourth-order valence-corrected chi connectivity index (χ4v) is 4.09. The van der Waals surface area contributed by atoms with Gasteiger partial charge in [0.05, 0.1) is 17.5 Å². The summed E-state index contributed by atoms with van der Waals surface area (Å²) in [5, 5.41) is 8.96. The third kappa shape index (κ3) is 2.37. The van der Waals surface area contributed by atoms with Crippen molar-refractivity contribution in [2.24, 2.45) is 0 Å². The van der Waals surface area contributed by atoms with Crippen LogP contribution in [0.4, 0.5) is 0 Å². The molecule has 1 fully saturated rings. The Hall–Kier alpha value is -1.69. The number of carboxylic acids is 1. The molecule has 1 N–H and O–H groups in total. The molecule has 1 saturated carbocycles. The highest BCUT2D eigenvalue weighted by molar-refractivity contribution is 9.10. The predicted octanol–water partition coefficient (Wildman–Crippen LogP) is 2.44. The normalized spacial score (nSPS) is 28.0. The molecule has 2 atom stereocenters. The minimum Gasteiger partial charge on any atom is -0.481 e. The molecule has 6 heteroatoms. The van der Waals surface area contributed by atoms with Gasteiger partial charge in [-0.3, -0.25) is 19.3 Å². The van der Waals surface area contributed by atoms with E-state index >= 15 is 0 Å². The molecule has 0 bridgehead atoms. The monoisotopic (exact) mass is 351 g/mol. The van der Waals surface area contributed by atoms with Crippen molar-refractivity contribution in [3.05, 3.63) is 35.4 Å². The van der Waals surface area contributed by atoms with Crippen LogP contribution in [0.3, 0.4) is 0 Å². The highest BCUT2D eigenvalue weighted by Gasteiger charge is 2.47. The van der Waals surface area contributed by atoms with Gasteiger partial charge in [-0.15, -0.1) is 0 Å². The Morgan fingerprint density at radius 2 is 1.86 bits per heavy atom. The smallest absolute Gasteiger partial charge is 0.304 e. The van der Waals surface area contributed by atoms with Crippen LogP contribution in [0.5, 0.6) is 0 Å². The highest BCUT2D eigenvalue weighted by atomic mass is 79.9. The van der Waals surface area contributed by atoms with Crippen LogP contribution in [-0.2, 0) is 4.79 Å². The molecule has 21 heavy (non-hydrogen) atoms. The van der Waals surface area contributed by atoms with Gasteiger partial charge in [-0.1, -0.05) is 28.1 Å². The van der Waals surface area contributed by atoms with E-state index in [4.69, 9.17) is 5.11 Å². The zero-order chi connectivity index (χ0) is 15.2. The summed E-state index contributed by atoms with van der Waals surface area (Å²) < 4.78 is -0.529. The number of hydrogen-bond acceptors (Lipinski definition) is 3. The van der Waals surface area contributed by atoms with Crippen LogP contribution in [0.2, 0.25) is 0 Å². The summed E-state index contributed by atoms with van der Waals surface area (Å²) in [4.78, 5) is 37.0. The first-order valence-electron chi connectivity index (χ1n) is 6.79. The Morgan fingerprint density at radius 1 is 1.29 bits per heavy atom. The third-order valence-electron chi connectivity index (χ3n) is 4.19. The molecule has 0 aromatic heterocycles. The number of carbonyl (C=O) groups excluding carboxylic acids is 2. The van der Waals surface area contributed by atoms with Crippen molar-refractivity contribution in [1.82, 2.24) is 4.90 Å². The predicted molar refractivity (Wildman–Crippen MR) is 78.5 cm³/mol. The van der Waals surface area contributed by atoms with E-state index in [9.17, 15) is 14.4 Å². The molecule has 0 radical (unpaired) electrons. The lowest BCUT2D eigenvalue weighted by atomic mass is 10.0. The molecule has 0 unspecified atom stereocenters. The van der Waals surface area contributed by atoms with Crippen LogP contribution in [-0.4, -0.2) is 38.2 Å². The number of amides is 2. The number of aliphatic carboxylic acids is 1. The van der Waals surface area contributed by atoms with Gasteiger partial charge >= 0.3 is 5.97 Å². The standard InChI is InChI=1S/C15H14BrNO4/c16-15(8-12(18)19)6-5-9(7-15)17-13(20)10-3-1-2-4-11(10)14(17)21/h1-4,9H,5-8H2,(H,18,19)/t9-,15-/m0/s1. The van der Waals surface area contributed by atoms with Crippen molar-refractivity contribution in [1.29, 1.82) is 0 Å². The van der Waals surface area contributed by atoms with Gasteiger partial charge < -0.3 is 5.11 Å². The second-order valence-corrected chi connectivity index (χ2v) is 7.33. The fraction of sp³-hybridized carbons (Fsp3) is 0.400. The maximum Gasteiger partial charge on any atom is 0.304 e. The highest BCUT2D eigenvalue weighted by Crippen LogP contribution is 2.44. The summed E-state index contributed by atoms with van der Waals surface area (Å²) in [6, 6.07) is 6.55. The number of halogens is 1. The van der Waals surface area contributed by atoms with E-state index in [1.807, 2.05) is 0 Å². The largest absolute Gasteiger partial charge is 0.481 e. The number of nitrogens with zero attached hydrogens (tertiary/aromatic N) is 1. The zero-order valence-corrected chi connectivity index (χ0v) is 12.8. The summed E-state index contributed by atoms with van der Waals surface area (Å²) in [5.74, 6) is -1.42. The summed E-state index contributed by atoms with van der Waals surface area (Å²) in [7, 11) is 0. The molecule has 110 valence electrons. The molecule has 1 aromatic rings. The molecule has 0 saturated heterocycles. The van der Waals surface area contributed by atoms with E-state index in [1.54, 1.807) is 24.3 Å². The molecule has 1 aliphatic heterocycles. The molecular formula is C15H14BrNO4. The summed E-state index contributed by atoms with van der Waals surface area (Å²) in [5.41, 5.74) is 0.876. The number of benzene rings is 1. The Kier molecular flexibility index (Phi) is 3.36. The number of imide groups is 1. The van der Waals surface area contributed by atoms with Crippen molar-refractivity contribution in [3.8, 4) is 0 Å². The lowest BCUT2D eigenvalue weighted by Gasteiger charge is -2.24. The van der Waals surface area contributed by atoms with E-state index in [-0.39, 0.29) is 24.3 Å². The minimum atomic E-state index is -0.880. The summed E-state index contributed by atoms with van der Waals surface area (Å²) in [6.45, 7) is 0. The van der Waals surface area contributed by atoms with Crippen molar-refractivity contribution >= 4 is 33.7 Å². The van der Waals surface area contributed by atoms with E-state index in [2.05, 4.69) is 15.9 Å². The molecule has 1 aliphatic carbocycles.